The summed E-state index contributed by atoms with van der Waals surface area (Å²) in [5.74, 6) is -0.606. The molecule has 2 fully saturated rings. The summed E-state index contributed by atoms with van der Waals surface area (Å²) in [6, 6.07) is 14.1. The van der Waals surface area contributed by atoms with Crippen molar-refractivity contribution >= 4 is 38.4 Å². The van der Waals surface area contributed by atoms with Gasteiger partial charge < -0.3 is 4.90 Å². The van der Waals surface area contributed by atoms with E-state index < -0.39 is 9.84 Å². The van der Waals surface area contributed by atoms with E-state index in [4.69, 9.17) is 0 Å². The summed E-state index contributed by atoms with van der Waals surface area (Å²) in [5.41, 5.74) is 2.09. The van der Waals surface area contributed by atoms with E-state index in [1.165, 1.54) is 17.8 Å². The van der Waals surface area contributed by atoms with E-state index in [1.54, 1.807) is 24.0 Å². The second-order valence-electron chi connectivity index (χ2n) is 7.38. The minimum atomic E-state index is -3.16. The molecule has 2 atom stereocenters. The number of aliphatic imine (C=N–C) groups is 1. The van der Waals surface area contributed by atoms with Crippen LogP contribution >= 0.6 is 11.8 Å². The predicted octanol–water partition coefficient (Wildman–Crippen LogP) is 3.37. The molecule has 0 N–H and O–H groups in total. The van der Waals surface area contributed by atoms with Crippen LogP contribution in [0.25, 0.3) is 0 Å². The molecule has 2 aliphatic heterocycles. The number of carbonyl (C=O) groups is 1. The minimum absolute atomic E-state index is 0.0165. The number of sulfone groups is 1. The van der Waals surface area contributed by atoms with E-state index >= 15 is 0 Å². The number of hydrogen-bond acceptors (Lipinski definition) is 4. The number of rotatable bonds is 4. The van der Waals surface area contributed by atoms with E-state index in [2.05, 4.69) is 4.99 Å². The maximum absolute atomic E-state index is 14.2. The molecule has 1 amide bonds. The number of benzene rings is 2. The molecular weight excluding hydrogens is 411 g/mol. The molecule has 2 heterocycles. The van der Waals surface area contributed by atoms with Gasteiger partial charge in [-0.1, -0.05) is 48.2 Å². The number of halogens is 1. The summed E-state index contributed by atoms with van der Waals surface area (Å²) in [6.45, 7) is 1.67. The van der Waals surface area contributed by atoms with Crippen molar-refractivity contribution in [2.75, 3.05) is 16.4 Å². The molecule has 0 saturated carbocycles. The highest BCUT2D eigenvalue weighted by molar-refractivity contribution is 8.16. The van der Waals surface area contributed by atoms with Gasteiger partial charge in [0.2, 0.25) is 5.91 Å². The average molecular weight is 433 g/mol. The third kappa shape index (κ3) is 4.38. The third-order valence-electron chi connectivity index (χ3n) is 5.19. The zero-order valence-electron chi connectivity index (χ0n) is 15.9. The van der Waals surface area contributed by atoms with Crippen LogP contribution in [-0.2, 0) is 21.1 Å². The molecule has 29 heavy (non-hydrogen) atoms. The number of anilines is 1. The first-order chi connectivity index (χ1) is 13.8. The number of fused-ring (bicyclic) bond motifs is 1. The standard InChI is InChI=1S/C21H21FN2O3S2/c1-14-7-9-16(11-17(14)22)24-18-12-29(26,27)13-19(18)28-21(24)23-20(25)10-8-15-5-3-2-4-6-15/h2-7,9,11,18-19H,8,10,12-13H2,1H3/t18-,19-/m0/s1. The molecule has 2 aliphatic rings. The van der Waals surface area contributed by atoms with Gasteiger partial charge in [0, 0.05) is 17.4 Å². The highest BCUT2D eigenvalue weighted by atomic mass is 32.2. The van der Waals surface area contributed by atoms with Crippen molar-refractivity contribution in [1.82, 2.24) is 0 Å². The molecule has 2 saturated heterocycles. The molecule has 0 spiro atoms. The van der Waals surface area contributed by atoms with Crippen molar-refractivity contribution in [3.05, 3.63) is 65.5 Å². The van der Waals surface area contributed by atoms with Gasteiger partial charge in [-0.25, -0.2) is 12.8 Å². The van der Waals surface area contributed by atoms with Gasteiger partial charge in [-0.2, -0.15) is 4.99 Å². The second-order valence-corrected chi connectivity index (χ2v) is 10.7. The number of amidine groups is 1. The van der Waals surface area contributed by atoms with Crippen LogP contribution in [0.1, 0.15) is 17.5 Å². The summed E-state index contributed by atoms with van der Waals surface area (Å²) in [6.07, 6.45) is 0.847. The van der Waals surface area contributed by atoms with Crippen LogP contribution in [0.15, 0.2) is 53.5 Å². The molecule has 2 aromatic carbocycles. The fourth-order valence-electron chi connectivity index (χ4n) is 3.66. The Labute approximate surface area is 173 Å². The number of aryl methyl sites for hydroxylation is 2. The number of carbonyl (C=O) groups excluding carboxylic acids is 1. The van der Waals surface area contributed by atoms with Crippen molar-refractivity contribution < 1.29 is 17.6 Å². The Morgan fingerprint density at radius 2 is 1.97 bits per heavy atom. The Bertz CT molecular complexity index is 1070. The van der Waals surface area contributed by atoms with Crippen LogP contribution in [0.4, 0.5) is 10.1 Å². The molecule has 8 heteroatoms. The Morgan fingerprint density at radius 3 is 2.69 bits per heavy atom. The summed E-state index contributed by atoms with van der Waals surface area (Å²) in [7, 11) is -3.16. The van der Waals surface area contributed by atoms with Crippen LogP contribution < -0.4 is 4.90 Å². The highest BCUT2D eigenvalue weighted by Crippen LogP contribution is 2.41. The maximum Gasteiger partial charge on any atom is 0.248 e. The largest absolute Gasteiger partial charge is 0.315 e. The molecule has 0 radical (unpaired) electrons. The predicted molar refractivity (Wildman–Crippen MR) is 115 cm³/mol. The fourth-order valence-corrected chi connectivity index (χ4v) is 7.59. The first-order valence-corrected chi connectivity index (χ1v) is 12.1. The highest BCUT2D eigenvalue weighted by Gasteiger charge is 2.49. The molecular formula is C21H21FN2O3S2. The van der Waals surface area contributed by atoms with Crippen molar-refractivity contribution in [2.24, 2.45) is 4.99 Å². The van der Waals surface area contributed by atoms with E-state index in [9.17, 15) is 17.6 Å². The minimum Gasteiger partial charge on any atom is -0.315 e. The van der Waals surface area contributed by atoms with Crippen LogP contribution in [0, 0.1) is 12.7 Å². The van der Waals surface area contributed by atoms with Crippen LogP contribution in [0.5, 0.6) is 0 Å². The molecule has 2 aromatic rings. The van der Waals surface area contributed by atoms with Crippen LogP contribution in [0.3, 0.4) is 0 Å². The van der Waals surface area contributed by atoms with E-state index in [0.29, 0.717) is 22.8 Å². The van der Waals surface area contributed by atoms with E-state index in [-0.39, 0.29) is 40.9 Å². The summed E-state index contributed by atoms with van der Waals surface area (Å²) in [5, 5.41) is 0.251. The lowest BCUT2D eigenvalue weighted by molar-refractivity contribution is -0.117. The van der Waals surface area contributed by atoms with Gasteiger partial charge in [0.15, 0.2) is 15.0 Å². The second kappa shape index (κ2) is 7.91. The average Bonchev–Trinajstić information content (AvgIpc) is 3.14. The lowest BCUT2D eigenvalue weighted by atomic mass is 10.1. The number of amides is 1. The third-order valence-corrected chi connectivity index (χ3v) is 8.40. The van der Waals surface area contributed by atoms with Crippen LogP contribution in [0.2, 0.25) is 0 Å². The zero-order valence-corrected chi connectivity index (χ0v) is 17.5. The smallest absolute Gasteiger partial charge is 0.248 e. The van der Waals surface area contributed by atoms with Crippen molar-refractivity contribution in [2.45, 2.75) is 31.1 Å². The summed E-state index contributed by atoms with van der Waals surface area (Å²) >= 11 is 1.30. The first-order valence-electron chi connectivity index (χ1n) is 9.40. The number of nitrogens with zero attached hydrogens (tertiary/aromatic N) is 2. The van der Waals surface area contributed by atoms with Gasteiger partial charge in [0.05, 0.1) is 17.5 Å². The SMILES string of the molecule is Cc1ccc(N2C(=NC(=O)CCc3ccccc3)S[C@H]3CS(=O)(=O)C[C@@H]32)cc1F. The van der Waals surface area contributed by atoms with Gasteiger partial charge in [0.1, 0.15) is 5.82 Å². The first kappa shape index (κ1) is 20.1. The van der Waals surface area contributed by atoms with Crippen molar-refractivity contribution in [3.8, 4) is 0 Å². The van der Waals surface area contributed by atoms with Gasteiger partial charge in [-0.05, 0) is 36.6 Å². The van der Waals surface area contributed by atoms with Crippen molar-refractivity contribution in [3.63, 3.8) is 0 Å². The summed E-state index contributed by atoms with van der Waals surface area (Å²) in [4.78, 5) is 18.5. The quantitative estimate of drug-likeness (QED) is 0.741. The molecule has 5 nitrogen and oxygen atoms in total. The zero-order chi connectivity index (χ0) is 20.6. The molecule has 0 bridgehead atoms. The normalized spacial score (nSPS) is 24.1. The topological polar surface area (TPSA) is 66.8 Å². The molecule has 152 valence electrons. The van der Waals surface area contributed by atoms with E-state index in [0.717, 1.165) is 5.56 Å². The van der Waals surface area contributed by atoms with E-state index in [1.807, 2.05) is 30.3 Å². The Morgan fingerprint density at radius 1 is 1.21 bits per heavy atom. The van der Waals surface area contributed by atoms with Gasteiger partial charge in [-0.15, -0.1) is 0 Å². The monoisotopic (exact) mass is 432 g/mol. The van der Waals surface area contributed by atoms with Gasteiger partial charge >= 0.3 is 0 Å². The Balaban J connectivity index is 1.59. The lowest BCUT2D eigenvalue weighted by Gasteiger charge is -2.24. The maximum atomic E-state index is 14.2. The molecule has 4 rings (SSSR count). The summed E-state index contributed by atoms with van der Waals surface area (Å²) < 4.78 is 38.4. The number of thioether (sulfide) groups is 1. The van der Waals surface area contributed by atoms with Gasteiger partial charge in [0.25, 0.3) is 0 Å². The molecule has 0 aromatic heterocycles. The molecule has 0 unspecified atom stereocenters. The number of hydrogen-bond donors (Lipinski definition) is 0. The fraction of sp³-hybridized carbons (Fsp3) is 0.333. The molecule has 0 aliphatic carbocycles. The van der Waals surface area contributed by atoms with Crippen LogP contribution in [-0.4, -0.2) is 42.3 Å². The van der Waals surface area contributed by atoms with Crippen molar-refractivity contribution in [1.29, 1.82) is 0 Å². The lowest BCUT2D eigenvalue weighted by Crippen LogP contribution is -2.37. The Hall–Kier alpha value is -2.19. The van der Waals surface area contributed by atoms with Gasteiger partial charge in [-0.3, -0.25) is 4.79 Å². The Kier molecular flexibility index (Phi) is 5.48.